The van der Waals surface area contributed by atoms with Crippen LogP contribution in [0.1, 0.15) is 5.69 Å². The molecule has 1 aromatic heterocycles. The molecule has 0 saturated carbocycles. The van der Waals surface area contributed by atoms with Gasteiger partial charge < -0.3 is 5.73 Å². The lowest BCUT2D eigenvalue weighted by atomic mass is 10.2. The molecule has 1 aliphatic rings. The molecule has 3 nitrogen and oxygen atoms in total. The highest BCUT2D eigenvalue weighted by Crippen LogP contribution is 2.17. The summed E-state index contributed by atoms with van der Waals surface area (Å²) in [7, 11) is 0. The second kappa shape index (κ2) is 5.49. The molecule has 2 heterocycles. The molecule has 15 heavy (non-hydrogen) atoms. The highest BCUT2D eigenvalue weighted by Gasteiger charge is 2.21. The number of hydrogen-bond donors (Lipinski definition) is 1. The second-order valence-corrected chi connectivity index (χ2v) is 4.91. The summed E-state index contributed by atoms with van der Waals surface area (Å²) >= 11 is 2.00. The van der Waals surface area contributed by atoms with E-state index in [-0.39, 0.29) is 0 Å². The summed E-state index contributed by atoms with van der Waals surface area (Å²) in [6.07, 6.45) is 1.85. The van der Waals surface area contributed by atoms with Gasteiger partial charge in [0, 0.05) is 43.4 Å². The minimum atomic E-state index is 0.519. The van der Waals surface area contributed by atoms with Crippen molar-refractivity contribution in [3.63, 3.8) is 0 Å². The zero-order chi connectivity index (χ0) is 10.5. The van der Waals surface area contributed by atoms with Crippen molar-refractivity contribution in [1.29, 1.82) is 0 Å². The summed E-state index contributed by atoms with van der Waals surface area (Å²) in [5.74, 6) is 2.37. The van der Waals surface area contributed by atoms with E-state index in [1.165, 1.54) is 5.75 Å². The fourth-order valence-corrected chi connectivity index (χ4v) is 2.96. The maximum atomic E-state index is 5.77. The summed E-state index contributed by atoms with van der Waals surface area (Å²) in [4.78, 5) is 6.80. The molecule has 1 unspecified atom stereocenters. The molecule has 0 radical (unpaired) electrons. The molecule has 4 heteroatoms. The molecular weight excluding hydrogens is 206 g/mol. The first-order chi connectivity index (χ1) is 7.40. The molecular formula is C11H17N3S. The Labute approximate surface area is 95.1 Å². The number of pyridine rings is 1. The topological polar surface area (TPSA) is 42.1 Å². The van der Waals surface area contributed by atoms with Crippen molar-refractivity contribution in [2.45, 2.75) is 12.6 Å². The molecule has 1 saturated heterocycles. The van der Waals surface area contributed by atoms with Crippen LogP contribution in [0.4, 0.5) is 0 Å². The molecule has 1 atom stereocenters. The van der Waals surface area contributed by atoms with Crippen LogP contribution in [0.5, 0.6) is 0 Å². The highest BCUT2D eigenvalue weighted by atomic mass is 32.2. The lowest BCUT2D eigenvalue weighted by Gasteiger charge is -2.34. The number of nitrogens with two attached hydrogens (primary N) is 1. The van der Waals surface area contributed by atoms with Crippen LogP contribution in [0, 0.1) is 0 Å². The first kappa shape index (κ1) is 10.9. The Bertz CT molecular complexity index is 291. The predicted molar refractivity (Wildman–Crippen MR) is 64.8 cm³/mol. The summed E-state index contributed by atoms with van der Waals surface area (Å²) < 4.78 is 0. The van der Waals surface area contributed by atoms with Crippen LogP contribution >= 0.6 is 11.8 Å². The Kier molecular flexibility index (Phi) is 4.00. The third kappa shape index (κ3) is 2.93. The molecule has 2 N–H and O–H groups in total. The fourth-order valence-electron chi connectivity index (χ4n) is 1.81. The van der Waals surface area contributed by atoms with Crippen molar-refractivity contribution < 1.29 is 0 Å². The molecule has 82 valence electrons. The number of nitrogens with zero attached hydrogens (tertiary/aromatic N) is 2. The Balaban J connectivity index is 1.97. The van der Waals surface area contributed by atoms with E-state index in [4.69, 9.17) is 5.73 Å². The zero-order valence-corrected chi connectivity index (χ0v) is 9.62. The molecule has 1 aliphatic heterocycles. The second-order valence-electron chi connectivity index (χ2n) is 3.76. The zero-order valence-electron chi connectivity index (χ0n) is 8.80. The van der Waals surface area contributed by atoms with Crippen LogP contribution in [-0.4, -0.2) is 40.5 Å². The minimum Gasteiger partial charge on any atom is -0.329 e. The van der Waals surface area contributed by atoms with E-state index < -0.39 is 0 Å². The van der Waals surface area contributed by atoms with E-state index >= 15 is 0 Å². The normalized spacial score (nSPS) is 22.9. The summed E-state index contributed by atoms with van der Waals surface area (Å²) in [5, 5.41) is 0. The van der Waals surface area contributed by atoms with Gasteiger partial charge in [0.15, 0.2) is 0 Å². The average molecular weight is 223 g/mol. The Morgan fingerprint density at radius 3 is 3.20 bits per heavy atom. The van der Waals surface area contributed by atoms with Gasteiger partial charge in [-0.25, -0.2) is 0 Å². The van der Waals surface area contributed by atoms with Gasteiger partial charge in [-0.05, 0) is 12.1 Å². The number of hydrogen-bond acceptors (Lipinski definition) is 4. The molecule has 1 fully saturated rings. The van der Waals surface area contributed by atoms with Crippen LogP contribution in [0.2, 0.25) is 0 Å². The van der Waals surface area contributed by atoms with E-state index in [0.717, 1.165) is 31.1 Å². The number of rotatable bonds is 3. The van der Waals surface area contributed by atoms with Gasteiger partial charge in [-0.3, -0.25) is 9.88 Å². The van der Waals surface area contributed by atoms with Crippen molar-refractivity contribution in [3.05, 3.63) is 30.1 Å². The lowest BCUT2D eigenvalue weighted by molar-refractivity contribution is 0.212. The van der Waals surface area contributed by atoms with Gasteiger partial charge in [0.05, 0.1) is 5.69 Å². The quantitative estimate of drug-likeness (QED) is 0.829. The Morgan fingerprint density at radius 1 is 1.53 bits per heavy atom. The molecule has 1 aromatic rings. The summed E-state index contributed by atoms with van der Waals surface area (Å²) in [5.41, 5.74) is 6.91. The monoisotopic (exact) mass is 223 g/mol. The van der Waals surface area contributed by atoms with E-state index in [2.05, 4.69) is 16.0 Å². The van der Waals surface area contributed by atoms with E-state index in [9.17, 15) is 0 Å². The summed E-state index contributed by atoms with van der Waals surface area (Å²) in [6.45, 7) is 2.81. The maximum Gasteiger partial charge on any atom is 0.0544 e. The van der Waals surface area contributed by atoms with Gasteiger partial charge in [-0.15, -0.1) is 0 Å². The minimum absolute atomic E-state index is 0.519. The Morgan fingerprint density at radius 2 is 2.47 bits per heavy atom. The van der Waals surface area contributed by atoms with Crippen molar-refractivity contribution >= 4 is 11.8 Å². The van der Waals surface area contributed by atoms with Crippen LogP contribution in [-0.2, 0) is 6.54 Å². The van der Waals surface area contributed by atoms with Crippen molar-refractivity contribution in [1.82, 2.24) is 9.88 Å². The molecule has 2 rings (SSSR count). The van der Waals surface area contributed by atoms with Crippen molar-refractivity contribution in [2.24, 2.45) is 5.73 Å². The van der Waals surface area contributed by atoms with Gasteiger partial charge in [-0.1, -0.05) is 6.07 Å². The predicted octanol–water partition coefficient (Wildman–Crippen LogP) is 0.958. The third-order valence-electron chi connectivity index (χ3n) is 2.71. The van der Waals surface area contributed by atoms with Crippen molar-refractivity contribution in [2.75, 3.05) is 24.6 Å². The van der Waals surface area contributed by atoms with Crippen LogP contribution in [0.15, 0.2) is 24.4 Å². The number of aromatic nitrogens is 1. The highest BCUT2D eigenvalue weighted by molar-refractivity contribution is 7.99. The van der Waals surface area contributed by atoms with Crippen LogP contribution in [0.3, 0.4) is 0 Å². The smallest absolute Gasteiger partial charge is 0.0544 e. The van der Waals surface area contributed by atoms with Gasteiger partial charge in [-0.2, -0.15) is 11.8 Å². The standard InChI is InChI=1S/C11H17N3S/c12-7-11-9-15-6-5-14(11)8-10-3-1-2-4-13-10/h1-4,11H,5-9,12H2. The summed E-state index contributed by atoms with van der Waals surface area (Å²) in [6, 6.07) is 6.59. The maximum absolute atomic E-state index is 5.77. The first-order valence-corrected chi connectivity index (χ1v) is 6.47. The van der Waals surface area contributed by atoms with Crippen LogP contribution in [0.25, 0.3) is 0 Å². The van der Waals surface area contributed by atoms with E-state index in [1.807, 2.05) is 30.1 Å². The lowest BCUT2D eigenvalue weighted by Crippen LogP contribution is -2.46. The largest absolute Gasteiger partial charge is 0.329 e. The van der Waals surface area contributed by atoms with Crippen molar-refractivity contribution in [3.8, 4) is 0 Å². The third-order valence-corrected chi connectivity index (χ3v) is 3.80. The first-order valence-electron chi connectivity index (χ1n) is 5.32. The van der Waals surface area contributed by atoms with Gasteiger partial charge >= 0.3 is 0 Å². The van der Waals surface area contributed by atoms with Gasteiger partial charge in [0.2, 0.25) is 0 Å². The fraction of sp³-hybridized carbons (Fsp3) is 0.545. The van der Waals surface area contributed by atoms with Crippen LogP contribution < -0.4 is 5.73 Å². The molecule has 0 aromatic carbocycles. The average Bonchev–Trinajstić information content (AvgIpc) is 2.31. The molecule has 0 aliphatic carbocycles. The Hall–Kier alpha value is -0.580. The SMILES string of the molecule is NCC1CSCCN1Cc1ccccn1. The van der Waals surface area contributed by atoms with E-state index in [1.54, 1.807) is 0 Å². The molecule has 0 bridgehead atoms. The number of thioether (sulfide) groups is 1. The molecule has 0 spiro atoms. The van der Waals surface area contributed by atoms with E-state index in [0.29, 0.717) is 6.04 Å². The van der Waals surface area contributed by atoms with Gasteiger partial charge in [0.1, 0.15) is 0 Å². The van der Waals surface area contributed by atoms with Gasteiger partial charge in [0.25, 0.3) is 0 Å². The molecule has 0 amide bonds.